The molecule has 1 aliphatic rings. The van der Waals surface area contributed by atoms with Crippen molar-refractivity contribution in [3.8, 4) is 0 Å². The normalized spacial score (nSPS) is 21.9. The summed E-state index contributed by atoms with van der Waals surface area (Å²) in [7, 11) is 0. The first-order chi connectivity index (χ1) is 8.36. The van der Waals surface area contributed by atoms with Gasteiger partial charge < -0.3 is 14.8 Å². The molecule has 0 aliphatic carbocycles. The van der Waals surface area contributed by atoms with Crippen LogP contribution in [0.5, 0.6) is 0 Å². The maximum Gasteiger partial charge on any atom is 0.0576 e. The van der Waals surface area contributed by atoms with E-state index in [1.165, 1.54) is 32.1 Å². The van der Waals surface area contributed by atoms with Gasteiger partial charge >= 0.3 is 0 Å². The SMILES string of the molecule is CCNC(CCCOCC)CCC1CCCO1. The Morgan fingerprint density at radius 2 is 2.24 bits per heavy atom. The molecule has 1 saturated heterocycles. The lowest BCUT2D eigenvalue weighted by atomic mass is 10.0. The van der Waals surface area contributed by atoms with Crippen LogP contribution in [0.25, 0.3) is 0 Å². The number of nitrogens with one attached hydrogen (secondary N) is 1. The summed E-state index contributed by atoms with van der Waals surface area (Å²) in [6, 6.07) is 0.643. The molecule has 0 aromatic carbocycles. The predicted molar refractivity (Wildman–Crippen MR) is 71.4 cm³/mol. The molecule has 0 saturated carbocycles. The van der Waals surface area contributed by atoms with Crippen LogP contribution in [0.15, 0.2) is 0 Å². The highest BCUT2D eigenvalue weighted by Gasteiger charge is 2.17. The van der Waals surface area contributed by atoms with Crippen molar-refractivity contribution in [3.63, 3.8) is 0 Å². The lowest BCUT2D eigenvalue weighted by Gasteiger charge is -2.19. The zero-order chi connectivity index (χ0) is 12.3. The zero-order valence-electron chi connectivity index (χ0n) is 11.5. The van der Waals surface area contributed by atoms with E-state index >= 15 is 0 Å². The Kier molecular flexibility index (Phi) is 8.67. The fourth-order valence-corrected chi connectivity index (χ4v) is 2.47. The number of rotatable bonds is 10. The minimum absolute atomic E-state index is 0.531. The van der Waals surface area contributed by atoms with Crippen LogP contribution >= 0.6 is 0 Å². The highest BCUT2D eigenvalue weighted by atomic mass is 16.5. The van der Waals surface area contributed by atoms with Crippen LogP contribution in [-0.4, -0.2) is 38.5 Å². The molecule has 1 N–H and O–H groups in total. The third-order valence-electron chi connectivity index (χ3n) is 3.40. The molecule has 2 unspecified atom stereocenters. The highest BCUT2D eigenvalue weighted by Crippen LogP contribution is 2.18. The Bertz CT molecular complexity index is 170. The van der Waals surface area contributed by atoms with Gasteiger partial charge in [0.15, 0.2) is 0 Å². The topological polar surface area (TPSA) is 30.5 Å². The van der Waals surface area contributed by atoms with Gasteiger partial charge in [0.05, 0.1) is 6.10 Å². The molecule has 1 rings (SSSR count). The predicted octanol–water partition coefficient (Wildman–Crippen LogP) is 2.74. The minimum atomic E-state index is 0.531. The van der Waals surface area contributed by atoms with E-state index in [2.05, 4.69) is 19.2 Å². The van der Waals surface area contributed by atoms with E-state index in [4.69, 9.17) is 9.47 Å². The number of ether oxygens (including phenoxy) is 2. The maximum atomic E-state index is 5.67. The van der Waals surface area contributed by atoms with Gasteiger partial charge in [-0.3, -0.25) is 0 Å². The fraction of sp³-hybridized carbons (Fsp3) is 1.00. The van der Waals surface area contributed by atoms with Gasteiger partial charge in [0.2, 0.25) is 0 Å². The van der Waals surface area contributed by atoms with E-state index in [9.17, 15) is 0 Å². The Hall–Kier alpha value is -0.120. The largest absolute Gasteiger partial charge is 0.382 e. The summed E-state index contributed by atoms with van der Waals surface area (Å²) in [5.74, 6) is 0. The molecule has 3 nitrogen and oxygen atoms in total. The molecular formula is C14H29NO2. The first-order valence-electron chi connectivity index (χ1n) is 7.29. The maximum absolute atomic E-state index is 5.67. The van der Waals surface area contributed by atoms with Gasteiger partial charge in [-0.25, -0.2) is 0 Å². The van der Waals surface area contributed by atoms with Crippen LogP contribution in [0.2, 0.25) is 0 Å². The zero-order valence-corrected chi connectivity index (χ0v) is 11.5. The van der Waals surface area contributed by atoms with Crippen molar-refractivity contribution in [2.45, 2.75) is 64.5 Å². The van der Waals surface area contributed by atoms with Gasteiger partial charge in [-0.2, -0.15) is 0 Å². The molecule has 102 valence electrons. The van der Waals surface area contributed by atoms with Gasteiger partial charge in [-0.15, -0.1) is 0 Å². The van der Waals surface area contributed by atoms with Gasteiger partial charge in [0.1, 0.15) is 0 Å². The van der Waals surface area contributed by atoms with Gasteiger partial charge in [0.25, 0.3) is 0 Å². The van der Waals surface area contributed by atoms with E-state index in [0.717, 1.165) is 32.8 Å². The molecule has 1 aliphatic heterocycles. The molecule has 2 atom stereocenters. The Morgan fingerprint density at radius 1 is 1.35 bits per heavy atom. The summed E-state index contributed by atoms with van der Waals surface area (Å²) in [6.45, 7) is 8.01. The van der Waals surface area contributed by atoms with Crippen molar-refractivity contribution in [1.29, 1.82) is 0 Å². The second kappa shape index (κ2) is 9.86. The lowest BCUT2D eigenvalue weighted by Crippen LogP contribution is -2.30. The average molecular weight is 243 g/mol. The Morgan fingerprint density at radius 3 is 2.88 bits per heavy atom. The second-order valence-electron chi connectivity index (χ2n) is 4.81. The minimum Gasteiger partial charge on any atom is -0.382 e. The van der Waals surface area contributed by atoms with Crippen molar-refractivity contribution in [2.75, 3.05) is 26.4 Å². The van der Waals surface area contributed by atoms with Gasteiger partial charge in [-0.05, 0) is 52.0 Å². The Balaban J connectivity index is 2.08. The summed E-state index contributed by atoms with van der Waals surface area (Å²) in [5.41, 5.74) is 0. The van der Waals surface area contributed by atoms with E-state index in [0.29, 0.717) is 12.1 Å². The summed E-state index contributed by atoms with van der Waals surface area (Å²) < 4.78 is 11.1. The fourth-order valence-electron chi connectivity index (χ4n) is 2.47. The molecule has 0 radical (unpaired) electrons. The molecule has 0 bridgehead atoms. The average Bonchev–Trinajstić information content (AvgIpc) is 2.84. The van der Waals surface area contributed by atoms with Crippen molar-refractivity contribution >= 4 is 0 Å². The van der Waals surface area contributed by atoms with E-state index in [1.54, 1.807) is 0 Å². The second-order valence-corrected chi connectivity index (χ2v) is 4.81. The summed E-state index contributed by atoms with van der Waals surface area (Å²) in [6.07, 6.45) is 7.88. The van der Waals surface area contributed by atoms with Crippen molar-refractivity contribution in [1.82, 2.24) is 5.32 Å². The van der Waals surface area contributed by atoms with Crippen LogP contribution in [0, 0.1) is 0 Å². The smallest absolute Gasteiger partial charge is 0.0576 e. The summed E-state index contributed by atoms with van der Waals surface area (Å²) in [5, 5.41) is 3.57. The van der Waals surface area contributed by atoms with Gasteiger partial charge in [-0.1, -0.05) is 6.92 Å². The standard InChI is InChI=1S/C14H29NO2/c1-3-15-13(7-5-11-16-4-2)9-10-14-8-6-12-17-14/h13-15H,3-12H2,1-2H3. The quantitative estimate of drug-likeness (QED) is 0.598. The molecule has 0 spiro atoms. The first kappa shape index (κ1) is 14.9. The van der Waals surface area contributed by atoms with Crippen molar-refractivity contribution < 1.29 is 9.47 Å². The van der Waals surface area contributed by atoms with Crippen LogP contribution in [-0.2, 0) is 9.47 Å². The molecule has 17 heavy (non-hydrogen) atoms. The van der Waals surface area contributed by atoms with Crippen LogP contribution in [0.4, 0.5) is 0 Å². The molecule has 1 fully saturated rings. The van der Waals surface area contributed by atoms with Gasteiger partial charge in [0, 0.05) is 25.9 Å². The number of hydrogen-bond acceptors (Lipinski definition) is 3. The lowest BCUT2D eigenvalue weighted by molar-refractivity contribution is 0.0981. The third-order valence-corrected chi connectivity index (χ3v) is 3.40. The van der Waals surface area contributed by atoms with E-state index in [1.807, 2.05) is 0 Å². The van der Waals surface area contributed by atoms with E-state index < -0.39 is 0 Å². The van der Waals surface area contributed by atoms with Crippen LogP contribution < -0.4 is 5.32 Å². The molecule has 3 heteroatoms. The van der Waals surface area contributed by atoms with Crippen molar-refractivity contribution in [3.05, 3.63) is 0 Å². The number of hydrogen-bond donors (Lipinski definition) is 1. The first-order valence-corrected chi connectivity index (χ1v) is 7.29. The van der Waals surface area contributed by atoms with E-state index in [-0.39, 0.29) is 0 Å². The Labute approximate surface area is 106 Å². The summed E-state index contributed by atoms with van der Waals surface area (Å²) >= 11 is 0. The van der Waals surface area contributed by atoms with Crippen LogP contribution in [0.3, 0.4) is 0 Å². The third kappa shape index (κ3) is 7.02. The molecule has 1 heterocycles. The molecule has 0 aromatic rings. The summed E-state index contributed by atoms with van der Waals surface area (Å²) in [4.78, 5) is 0. The van der Waals surface area contributed by atoms with Crippen molar-refractivity contribution in [2.24, 2.45) is 0 Å². The molecule has 0 amide bonds. The highest BCUT2D eigenvalue weighted by molar-refractivity contribution is 4.71. The molecule has 0 aromatic heterocycles. The molecular weight excluding hydrogens is 214 g/mol. The monoisotopic (exact) mass is 243 g/mol. The van der Waals surface area contributed by atoms with Crippen LogP contribution in [0.1, 0.15) is 52.4 Å².